The van der Waals surface area contributed by atoms with E-state index < -0.39 is 6.10 Å². The molecule has 17 heavy (non-hydrogen) atoms. The summed E-state index contributed by atoms with van der Waals surface area (Å²) >= 11 is 0. The molecule has 2 unspecified atom stereocenters. The van der Waals surface area contributed by atoms with Crippen molar-refractivity contribution in [2.45, 2.75) is 33.3 Å². The Balaban J connectivity index is 2.27. The molecule has 1 aromatic heterocycles. The first kappa shape index (κ1) is 12.4. The molecule has 3 heteroatoms. The fraction of sp³-hybridized carbons (Fsp3) is 0.643. The number of piperidine rings is 1. The predicted octanol–water partition coefficient (Wildman–Crippen LogP) is 2.62. The van der Waals surface area contributed by atoms with Crippen molar-refractivity contribution in [3.8, 4) is 0 Å². The maximum Gasteiger partial charge on any atom is 0.134 e. The Bertz CT molecular complexity index is 368. The minimum absolute atomic E-state index is 0.453. The van der Waals surface area contributed by atoms with Gasteiger partial charge in [0.2, 0.25) is 0 Å². The van der Waals surface area contributed by atoms with Crippen molar-refractivity contribution < 1.29 is 5.11 Å². The highest BCUT2D eigenvalue weighted by Gasteiger charge is 2.24. The number of aromatic nitrogens is 1. The van der Waals surface area contributed by atoms with E-state index in [1.165, 1.54) is 6.42 Å². The number of nitrogens with zero attached hydrogens (tertiary/aromatic N) is 2. The third-order valence-corrected chi connectivity index (χ3v) is 3.44. The molecule has 94 valence electrons. The van der Waals surface area contributed by atoms with Gasteiger partial charge in [-0.1, -0.05) is 19.9 Å². The molecular formula is C14H22N2O. The highest BCUT2D eigenvalue weighted by Crippen LogP contribution is 2.29. The second kappa shape index (κ2) is 5.05. The summed E-state index contributed by atoms with van der Waals surface area (Å²) in [5.41, 5.74) is 0.939. The van der Waals surface area contributed by atoms with Crippen LogP contribution in [0.4, 0.5) is 5.82 Å². The van der Waals surface area contributed by atoms with E-state index in [1.807, 2.05) is 18.3 Å². The van der Waals surface area contributed by atoms with Gasteiger partial charge in [0.1, 0.15) is 5.82 Å². The van der Waals surface area contributed by atoms with E-state index in [4.69, 9.17) is 0 Å². The summed E-state index contributed by atoms with van der Waals surface area (Å²) in [5.74, 6) is 2.35. The topological polar surface area (TPSA) is 36.4 Å². The van der Waals surface area contributed by atoms with E-state index in [0.29, 0.717) is 11.8 Å². The first-order chi connectivity index (χ1) is 8.08. The Hall–Kier alpha value is -1.09. The van der Waals surface area contributed by atoms with Crippen LogP contribution in [0.5, 0.6) is 0 Å². The molecule has 2 heterocycles. The van der Waals surface area contributed by atoms with E-state index in [1.54, 1.807) is 6.92 Å². The summed E-state index contributed by atoms with van der Waals surface area (Å²) in [7, 11) is 0. The van der Waals surface area contributed by atoms with E-state index >= 15 is 0 Å². The normalized spacial score (nSPS) is 26.9. The molecule has 1 aliphatic heterocycles. The highest BCUT2D eigenvalue weighted by atomic mass is 16.3. The first-order valence-electron chi connectivity index (χ1n) is 6.46. The van der Waals surface area contributed by atoms with Gasteiger partial charge in [-0.2, -0.15) is 0 Å². The number of pyridine rings is 1. The monoisotopic (exact) mass is 234 g/mol. The van der Waals surface area contributed by atoms with Crippen LogP contribution in [0, 0.1) is 11.8 Å². The van der Waals surface area contributed by atoms with E-state index in [0.717, 1.165) is 24.5 Å². The van der Waals surface area contributed by atoms with Crippen molar-refractivity contribution in [2.24, 2.45) is 11.8 Å². The van der Waals surface area contributed by atoms with Gasteiger partial charge in [-0.3, -0.25) is 0 Å². The van der Waals surface area contributed by atoms with Gasteiger partial charge in [0.05, 0.1) is 6.10 Å². The molecule has 2 rings (SSSR count). The van der Waals surface area contributed by atoms with E-state index in [9.17, 15) is 5.11 Å². The highest BCUT2D eigenvalue weighted by molar-refractivity contribution is 5.48. The SMILES string of the molecule is CC1CC(C)CN(c2ncccc2[C@H](C)O)C1. The Kier molecular flexibility index (Phi) is 3.67. The third-order valence-electron chi connectivity index (χ3n) is 3.44. The van der Waals surface area contributed by atoms with Crippen molar-refractivity contribution in [1.82, 2.24) is 4.98 Å². The molecule has 3 atom stereocenters. The van der Waals surface area contributed by atoms with Crippen molar-refractivity contribution in [2.75, 3.05) is 18.0 Å². The lowest BCUT2D eigenvalue weighted by atomic mass is 9.91. The fourth-order valence-corrected chi connectivity index (χ4v) is 2.84. The molecule has 1 N–H and O–H groups in total. The zero-order valence-electron chi connectivity index (χ0n) is 10.9. The number of hydrogen-bond donors (Lipinski definition) is 1. The number of anilines is 1. The summed E-state index contributed by atoms with van der Waals surface area (Å²) < 4.78 is 0. The van der Waals surface area contributed by atoms with Crippen LogP contribution < -0.4 is 4.90 Å². The van der Waals surface area contributed by atoms with Crippen LogP contribution in [-0.4, -0.2) is 23.2 Å². The lowest BCUT2D eigenvalue weighted by Crippen LogP contribution is -2.39. The summed E-state index contributed by atoms with van der Waals surface area (Å²) in [6.45, 7) is 8.46. The lowest BCUT2D eigenvalue weighted by Gasteiger charge is -2.37. The molecule has 3 nitrogen and oxygen atoms in total. The Morgan fingerprint density at radius 3 is 2.59 bits per heavy atom. The zero-order chi connectivity index (χ0) is 12.4. The second-order valence-corrected chi connectivity index (χ2v) is 5.44. The van der Waals surface area contributed by atoms with Gasteiger partial charge in [0, 0.05) is 24.8 Å². The van der Waals surface area contributed by atoms with Crippen LogP contribution in [0.15, 0.2) is 18.3 Å². The van der Waals surface area contributed by atoms with Crippen LogP contribution >= 0.6 is 0 Å². The molecular weight excluding hydrogens is 212 g/mol. The predicted molar refractivity (Wildman–Crippen MR) is 70.0 cm³/mol. The summed E-state index contributed by atoms with van der Waals surface area (Å²) in [6, 6.07) is 3.86. The molecule has 0 spiro atoms. The Labute approximate surface area is 103 Å². The van der Waals surface area contributed by atoms with Crippen molar-refractivity contribution in [1.29, 1.82) is 0 Å². The fourth-order valence-electron chi connectivity index (χ4n) is 2.84. The van der Waals surface area contributed by atoms with Gasteiger partial charge in [-0.25, -0.2) is 4.98 Å². The first-order valence-corrected chi connectivity index (χ1v) is 6.46. The zero-order valence-corrected chi connectivity index (χ0v) is 10.9. The van der Waals surface area contributed by atoms with Crippen LogP contribution in [0.2, 0.25) is 0 Å². The maximum atomic E-state index is 9.80. The molecule has 1 aromatic rings. The summed E-state index contributed by atoms with van der Waals surface area (Å²) in [6.07, 6.45) is 2.64. The molecule has 0 bridgehead atoms. The van der Waals surface area contributed by atoms with Gasteiger partial charge in [0.25, 0.3) is 0 Å². The van der Waals surface area contributed by atoms with E-state index in [-0.39, 0.29) is 0 Å². The maximum absolute atomic E-state index is 9.80. The molecule has 1 saturated heterocycles. The number of hydrogen-bond acceptors (Lipinski definition) is 3. The molecule has 0 radical (unpaired) electrons. The van der Waals surface area contributed by atoms with E-state index in [2.05, 4.69) is 23.7 Å². The Morgan fingerprint density at radius 2 is 2.00 bits per heavy atom. The van der Waals surface area contributed by atoms with Crippen LogP contribution in [0.1, 0.15) is 38.9 Å². The van der Waals surface area contributed by atoms with Gasteiger partial charge in [0.15, 0.2) is 0 Å². The van der Waals surface area contributed by atoms with Crippen LogP contribution in [0.25, 0.3) is 0 Å². The van der Waals surface area contributed by atoms with Gasteiger partial charge < -0.3 is 10.0 Å². The Morgan fingerprint density at radius 1 is 1.35 bits per heavy atom. The quantitative estimate of drug-likeness (QED) is 0.854. The number of aliphatic hydroxyl groups excluding tert-OH is 1. The lowest BCUT2D eigenvalue weighted by molar-refractivity contribution is 0.198. The van der Waals surface area contributed by atoms with Crippen LogP contribution in [-0.2, 0) is 0 Å². The average Bonchev–Trinajstić information content (AvgIpc) is 2.27. The molecule has 0 saturated carbocycles. The third kappa shape index (κ3) is 2.78. The van der Waals surface area contributed by atoms with Crippen molar-refractivity contribution in [3.05, 3.63) is 23.9 Å². The molecule has 0 aromatic carbocycles. The summed E-state index contributed by atoms with van der Waals surface area (Å²) in [4.78, 5) is 6.78. The minimum atomic E-state index is -0.453. The molecule has 1 fully saturated rings. The molecule has 0 aliphatic carbocycles. The van der Waals surface area contributed by atoms with Gasteiger partial charge in [-0.05, 0) is 31.2 Å². The standard InChI is InChI=1S/C14H22N2O/c1-10-7-11(2)9-16(8-10)14-13(12(3)17)5-4-6-15-14/h4-6,10-12,17H,7-9H2,1-3H3/t10?,11?,12-/m0/s1. The molecule has 1 aliphatic rings. The number of rotatable bonds is 2. The van der Waals surface area contributed by atoms with Gasteiger partial charge in [-0.15, -0.1) is 0 Å². The molecule has 0 amide bonds. The average molecular weight is 234 g/mol. The van der Waals surface area contributed by atoms with Crippen LogP contribution in [0.3, 0.4) is 0 Å². The smallest absolute Gasteiger partial charge is 0.134 e. The number of aliphatic hydroxyl groups is 1. The largest absolute Gasteiger partial charge is 0.389 e. The van der Waals surface area contributed by atoms with Gasteiger partial charge >= 0.3 is 0 Å². The minimum Gasteiger partial charge on any atom is -0.389 e. The van der Waals surface area contributed by atoms with Crippen molar-refractivity contribution in [3.63, 3.8) is 0 Å². The summed E-state index contributed by atoms with van der Waals surface area (Å²) in [5, 5.41) is 9.80. The second-order valence-electron chi connectivity index (χ2n) is 5.44. The van der Waals surface area contributed by atoms with Crippen molar-refractivity contribution >= 4 is 5.82 Å².